The number of halogens is 1. The molecule has 7 heteroatoms. The van der Waals surface area contributed by atoms with Crippen LogP contribution in [0.15, 0.2) is 18.2 Å². The molecule has 23 heavy (non-hydrogen) atoms. The Hall–Kier alpha value is -1.66. The van der Waals surface area contributed by atoms with Crippen LogP contribution in [0.3, 0.4) is 0 Å². The highest BCUT2D eigenvalue weighted by Crippen LogP contribution is 2.32. The molecule has 1 aromatic carbocycles. The molecule has 1 atom stereocenters. The number of hydrogen-bond donors (Lipinski definition) is 1. The summed E-state index contributed by atoms with van der Waals surface area (Å²) in [6.45, 7) is 9.86. The average Bonchev–Trinajstić information content (AvgIpc) is 2.45. The second-order valence-electron chi connectivity index (χ2n) is 6.79. The molecule has 2 rings (SSSR count). The molecule has 128 valence electrons. The summed E-state index contributed by atoms with van der Waals surface area (Å²) in [5.74, 6) is -0.141. The van der Waals surface area contributed by atoms with Crippen LogP contribution >= 0.6 is 12.4 Å². The van der Waals surface area contributed by atoms with E-state index in [-0.39, 0.29) is 35.5 Å². The van der Waals surface area contributed by atoms with Crippen molar-refractivity contribution in [3.05, 3.63) is 39.4 Å². The zero-order valence-corrected chi connectivity index (χ0v) is 14.8. The van der Waals surface area contributed by atoms with Crippen LogP contribution in [-0.4, -0.2) is 41.4 Å². The Bertz CT molecular complexity index is 599. The number of nitrogens with one attached hydrogen (secondary N) is 1. The lowest BCUT2D eigenvalue weighted by atomic mass is 9.85. The van der Waals surface area contributed by atoms with Crippen LogP contribution in [0, 0.1) is 10.1 Å². The third kappa shape index (κ3) is 4.20. The van der Waals surface area contributed by atoms with E-state index in [0.29, 0.717) is 17.7 Å². The van der Waals surface area contributed by atoms with Gasteiger partial charge in [0.2, 0.25) is 0 Å². The molecule has 1 fully saturated rings. The van der Waals surface area contributed by atoms with Crippen molar-refractivity contribution in [3.63, 3.8) is 0 Å². The summed E-state index contributed by atoms with van der Waals surface area (Å²) in [4.78, 5) is 25.3. The van der Waals surface area contributed by atoms with Gasteiger partial charge < -0.3 is 10.2 Å². The summed E-state index contributed by atoms with van der Waals surface area (Å²) in [7, 11) is 0. The molecule has 1 heterocycles. The van der Waals surface area contributed by atoms with Crippen molar-refractivity contribution in [2.75, 3.05) is 19.6 Å². The minimum atomic E-state index is -0.404. The third-order valence-electron chi connectivity index (χ3n) is 4.01. The maximum absolute atomic E-state index is 12.6. The molecule has 1 saturated heterocycles. The maximum atomic E-state index is 12.6. The van der Waals surface area contributed by atoms with Crippen LogP contribution in [0.5, 0.6) is 0 Å². The SMILES string of the molecule is CC1CNCCN1C(=O)c1ccc(C(C)(C)C)c([N+](=O)[O-])c1.Cl. The summed E-state index contributed by atoms with van der Waals surface area (Å²) in [6, 6.07) is 4.91. The topological polar surface area (TPSA) is 75.5 Å². The Balaban J connectivity index is 0.00000264. The van der Waals surface area contributed by atoms with Crippen molar-refractivity contribution in [2.24, 2.45) is 0 Å². The zero-order chi connectivity index (χ0) is 16.5. The van der Waals surface area contributed by atoms with Crippen molar-refractivity contribution < 1.29 is 9.72 Å². The highest BCUT2D eigenvalue weighted by molar-refractivity contribution is 5.95. The fraction of sp³-hybridized carbons (Fsp3) is 0.562. The number of benzene rings is 1. The van der Waals surface area contributed by atoms with E-state index >= 15 is 0 Å². The van der Waals surface area contributed by atoms with Crippen LogP contribution in [0.1, 0.15) is 43.6 Å². The lowest BCUT2D eigenvalue weighted by Crippen LogP contribution is -2.52. The van der Waals surface area contributed by atoms with E-state index in [9.17, 15) is 14.9 Å². The van der Waals surface area contributed by atoms with Gasteiger partial charge in [-0.2, -0.15) is 0 Å². The quantitative estimate of drug-likeness (QED) is 0.663. The van der Waals surface area contributed by atoms with Gasteiger partial charge in [0.1, 0.15) is 0 Å². The second-order valence-corrected chi connectivity index (χ2v) is 6.79. The molecule has 1 amide bonds. The van der Waals surface area contributed by atoms with Gasteiger partial charge in [0.05, 0.1) is 4.92 Å². The number of hydrogen-bond acceptors (Lipinski definition) is 4. The molecule has 0 aliphatic carbocycles. The van der Waals surface area contributed by atoms with Crippen molar-refractivity contribution in [1.82, 2.24) is 10.2 Å². The number of carbonyl (C=O) groups excluding carboxylic acids is 1. The Kier molecular flexibility index (Phi) is 6.13. The fourth-order valence-electron chi connectivity index (χ4n) is 2.76. The minimum Gasteiger partial charge on any atom is -0.333 e. The Labute approximate surface area is 142 Å². The standard InChI is InChI=1S/C16H23N3O3.ClH/c1-11-10-17-7-8-18(11)15(20)12-5-6-13(16(2,3)4)14(9-12)19(21)22;/h5-6,9,11,17H,7-8,10H2,1-4H3;1H. The smallest absolute Gasteiger partial charge is 0.273 e. The Morgan fingerprint density at radius 2 is 2.04 bits per heavy atom. The first-order chi connectivity index (χ1) is 10.2. The molecule has 0 saturated carbocycles. The molecular weight excluding hydrogens is 318 g/mol. The van der Waals surface area contributed by atoms with Crippen LogP contribution in [0.4, 0.5) is 5.69 Å². The van der Waals surface area contributed by atoms with Crippen LogP contribution in [-0.2, 0) is 5.41 Å². The van der Waals surface area contributed by atoms with Gasteiger partial charge in [-0.3, -0.25) is 14.9 Å². The van der Waals surface area contributed by atoms with Crippen LogP contribution < -0.4 is 5.32 Å². The number of amides is 1. The number of nitrogens with zero attached hydrogens (tertiary/aromatic N) is 2. The first kappa shape index (κ1) is 19.4. The molecule has 1 N–H and O–H groups in total. The van der Waals surface area contributed by atoms with E-state index in [4.69, 9.17) is 0 Å². The minimum absolute atomic E-state index is 0. The molecule has 1 unspecified atom stereocenters. The van der Waals surface area contributed by atoms with Crippen molar-refractivity contribution in [2.45, 2.75) is 39.2 Å². The molecule has 0 bridgehead atoms. The predicted molar refractivity (Wildman–Crippen MR) is 92.4 cm³/mol. The van der Waals surface area contributed by atoms with Crippen molar-refractivity contribution in [3.8, 4) is 0 Å². The molecule has 0 spiro atoms. The molecule has 0 radical (unpaired) electrons. The van der Waals surface area contributed by atoms with E-state index in [1.54, 1.807) is 17.0 Å². The van der Waals surface area contributed by atoms with Gasteiger partial charge in [-0.05, 0) is 18.4 Å². The molecule has 6 nitrogen and oxygen atoms in total. The first-order valence-electron chi connectivity index (χ1n) is 7.52. The number of nitro groups is 1. The van der Waals surface area contributed by atoms with E-state index in [2.05, 4.69) is 5.32 Å². The van der Waals surface area contributed by atoms with E-state index in [0.717, 1.165) is 13.1 Å². The molecule has 0 aromatic heterocycles. The average molecular weight is 342 g/mol. The van der Waals surface area contributed by atoms with E-state index in [1.165, 1.54) is 6.07 Å². The maximum Gasteiger partial charge on any atom is 0.273 e. The van der Waals surface area contributed by atoms with Crippen LogP contribution in [0.25, 0.3) is 0 Å². The second kappa shape index (κ2) is 7.27. The summed E-state index contributed by atoms with van der Waals surface area (Å²) in [6.07, 6.45) is 0. The van der Waals surface area contributed by atoms with Crippen LogP contribution in [0.2, 0.25) is 0 Å². The lowest BCUT2D eigenvalue weighted by molar-refractivity contribution is -0.386. The van der Waals surface area contributed by atoms with Gasteiger partial charge in [0.25, 0.3) is 11.6 Å². The summed E-state index contributed by atoms with van der Waals surface area (Å²) in [5.41, 5.74) is 0.698. The summed E-state index contributed by atoms with van der Waals surface area (Å²) in [5, 5.41) is 14.6. The molecule has 1 aliphatic rings. The normalized spacial score (nSPS) is 18.3. The summed E-state index contributed by atoms with van der Waals surface area (Å²) < 4.78 is 0. The van der Waals surface area contributed by atoms with E-state index in [1.807, 2.05) is 27.7 Å². The van der Waals surface area contributed by atoms with Gasteiger partial charge in [-0.1, -0.05) is 26.8 Å². The first-order valence-corrected chi connectivity index (χ1v) is 7.52. The van der Waals surface area contributed by atoms with E-state index < -0.39 is 4.92 Å². The highest BCUT2D eigenvalue weighted by Gasteiger charge is 2.29. The largest absolute Gasteiger partial charge is 0.333 e. The Morgan fingerprint density at radius 1 is 1.39 bits per heavy atom. The number of rotatable bonds is 2. The van der Waals surface area contributed by atoms with Gasteiger partial charge in [-0.15, -0.1) is 12.4 Å². The van der Waals surface area contributed by atoms with Gasteiger partial charge in [-0.25, -0.2) is 0 Å². The number of carbonyl (C=O) groups is 1. The van der Waals surface area contributed by atoms with Gasteiger partial charge in [0, 0.05) is 42.9 Å². The predicted octanol–water partition coefficient (Wildman–Crippen LogP) is 2.75. The molecule has 1 aliphatic heterocycles. The third-order valence-corrected chi connectivity index (χ3v) is 4.01. The highest BCUT2D eigenvalue weighted by atomic mass is 35.5. The summed E-state index contributed by atoms with van der Waals surface area (Å²) >= 11 is 0. The van der Waals surface area contributed by atoms with Crippen molar-refractivity contribution >= 4 is 24.0 Å². The zero-order valence-electron chi connectivity index (χ0n) is 14.0. The molecular formula is C16H24ClN3O3. The van der Waals surface area contributed by atoms with Gasteiger partial charge in [0.15, 0.2) is 0 Å². The monoisotopic (exact) mass is 341 g/mol. The number of nitro benzene ring substituents is 1. The fourth-order valence-corrected chi connectivity index (χ4v) is 2.76. The lowest BCUT2D eigenvalue weighted by Gasteiger charge is -2.34. The number of piperazine rings is 1. The Morgan fingerprint density at radius 3 is 2.57 bits per heavy atom. The van der Waals surface area contributed by atoms with Crippen molar-refractivity contribution in [1.29, 1.82) is 0 Å². The van der Waals surface area contributed by atoms with Gasteiger partial charge >= 0.3 is 0 Å². The molecule has 1 aromatic rings.